The van der Waals surface area contributed by atoms with Crippen molar-refractivity contribution in [1.82, 2.24) is 19.8 Å². The van der Waals surface area contributed by atoms with Gasteiger partial charge in [-0.2, -0.15) is 0 Å². The number of halogens is 2. The zero-order valence-corrected chi connectivity index (χ0v) is 14.6. The number of benzene rings is 1. The van der Waals surface area contributed by atoms with Crippen molar-refractivity contribution < 1.29 is 4.79 Å². The van der Waals surface area contributed by atoms with Crippen LogP contribution in [0.25, 0.3) is 11.4 Å². The molecule has 1 aromatic carbocycles. The van der Waals surface area contributed by atoms with Gasteiger partial charge in [0.25, 0.3) is 0 Å². The maximum atomic E-state index is 11.9. The van der Waals surface area contributed by atoms with E-state index in [9.17, 15) is 4.79 Å². The summed E-state index contributed by atoms with van der Waals surface area (Å²) >= 11 is 13.3. The lowest BCUT2D eigenvalue weighted by Crippen LogP contribution is -2.30. The van der Waals surface area contributed by atoms with Crippen LogP contribution in [0.1, 0.15) is 6.92 Å². The number of nitrogen functional groups attached to an aromatic ring is 1. The molecule has 2 rings (SSSR count). The van der Waals surface area contributed by atoms with E-state index in [1.807, 2.05) is 0 Å². The molecule has 0 saturated carbocycles. The molecule has 6 nitrogen and oxygen atoms in total. The van der Waals surface area contributed by atoms with Crippen molar-refractivity contribution in [2.24, 2.45) is 0 Å². The van der Waals surface area contributed by atoms with Gasteiger partial charge in [-0.25, -0.2) is 4.68 Å². The van der Waals surface area contributed by atoms with Crippen molar-refractivity contribution in [3.63, 3.8) is 0 Å². The number of hydrogen-bond acceptors (Lipinski definition) is 5. The molecule has 22 heavy (non-hydrogen) atoms. The van der Waals surface area contributed by atoms with E-state index in [-0.39, 0.29) is 11.2 Å². The van der Waals surface area contributed by atoms with Gasteiger partial charge in [-0.1, -0.05) is 35.0 Å². The predicted octanol–water partition coefficient (Wildman–Crippen LogP) is 2.53. The molecule has 0 aliphatic heterocycles. The molecule has 2 aromatic rings. The number of amides is 1. The van der Waals surface area contributed by atoms with Crippen LogP contribution in [0.3, 0.4) is 0 Å². The molecule has 0 saturated heterocycles. The van der Waals surface area contributed by atoms with E-state index in [1.165, 1.54) is 21.3 Å². The van der Waals surface area contributed by atoms with Crippen molar-refractivity contribution in [2.45, 2.75) is 17.3 Å². The number of nitrogens with zero attached hydrogens (tertiary/aromatic N) is 4. The summed E-state index contributed by atoms with van der Waals surface area (Å²) in [6.45, 7) is 1.79. The third-order valence-electron chi connectivity index (χ3n) is 2.91. The summed E-state index contributed by atoms with van der Waals surface area (Å²) in [5.74, 6) is 6.40. The van der Waals surface area contributed by atoms with E-state index in [4.69, 9.17) is 29.0 Å². The quantitative estimate of drug-likeness (QED) is 0.670. The topological polar surface area (TPSA) is 77.0 Å². The Morgan fingerprint density at radius 1 is 1.36 bits per heavy atom. The molecule has 0 bridgehead atoms. The van der Waals surface area contributed by atoms with E-state index < -0.39 is 0 Å². The van der Waals surface area contributed by atoms with Crippen LogP contribution in [0.5, 0.6) is 0 Å². The lowest BCUT2D eigenvalue weighted by Gasteiger charge is -2.15. The van der Waals surface area contributed by atoms with Gasteiger partial charge >= 0.3 is 0 Å². The van der Waals surface area contributed by atoms with Gasteiger partial charge in [0.05, 0.1) is 10.3 Å². The molecule has 1 atom stereocenters. The average molecular weight is 360 g/mol. The first-order valence-corrected chi connectivity index (χ1v) is 7.98. The Morgan fingerprint density at radius 2 is 2.05 bits per heavy atom. The number of thioether (sulfide) groups is 1. The first-order chi connectivity index (χ1) is 10.3. The summed E-state index contributed by atoms with van der Waals surface area (Å²) in [5.41, 5.74) is 0.625. The third-order valence-corrected chi connectivity index (χ3v) is 4.50. The minimum Gasteiger partial charge on any atom is -0.348 e. The van der Waals surface area contributed by atoms with E-state index in [2.05, 4.69) is 10.2 Å². The van der Waals surface area contributed by atoms with Crippen LogP contribution >= 0.6 is 35.0 Å². The lowest BCUT2D eigenvalue weighted by atomic mass is 10.2. The van der Waals surface area contributed by atoms with Crippen LogP contribution in [-0.2, 0) is 4.79 Å². The van der Waals surface area contributed by atoms with E-state index in [0.29, 0.717) is 26.6 Å². The highest BCUT2D eigenvalue weighted by atomic mass is 35.5. The number of nitrogens with two attached hydrogens (primary N) is 1. The molecule has 118 valence electrons. The molecule has 0 aliphatic rings. The fraction of sp³-hybridized carbons (Fsp3) is 0.308. The van der Waals surface area contributed by atoms with Gasteiger partial charge in [-0.3, -0.25) is 4.79 Å². The molecule has 9 heteroatoms. The SMILES string of the molecule is CC(Sc1nnc(-c2ccc(Cl)cc2Cl)n1N)C(=O)N(C)C. The van der Waals surface area contributed by atoms with Crippen molar-refractivity contribution >= 4 is 40.9 Å². The monoisotopic (exact) mass is 359 g/mol. The number of aromatic nitrogens is 3. The highest BCUT2D eigenvalue weighted by Gasteiger charge is 2.21. The first-order valence-electron chi connectivity index (χ1n) is 6.35. The van der Waals surface area contributed by atoms with Crippen LogP contribution in [0, 0.1) is 0 Å². The van der Waals surface area contributed by atoms with Crippen molar-refractivity contribution in [2.75, 3.05) is 19.9 Å². The van der Waals surface area contributed by atoms with Gasteiger partial charge in [0.1, 0.15) is 0 Å². The van der Waals surface area contributed by atoms with Crippen LogP contribution in [0.4, 0.5) is 0 Å². The number of carbonyl (C=O) groups is 1. The minimum absolute atomic E-state index is 0.0286. The molecule has 0 aliphatic carbocycles. The lowest BCUT2D eigenvalue weighted by molar-refractivity contribution is -0.127. The van der Waals surface area contributed by atoms with E-state index in [0.717, 1.165) is 0 Å². The zero-order valence-electron chi connectivity index (χ0n) is 12.2. The second kappa shape index (κ2) is 6.76. The molecular weight excluding hydrogens is 345 g/mol. The molecule has 1 amide bonds. The normalized spacial score (nSPS) is 12.2. The molecule has 0 spiro atoms. The summed E-state index contributed by atoms with van der Waals surface area (Å²) in [6.07, 6.45) is 0. The van der Waals surface area contributed by atoms with Crippen LogP contribution in [0.2, 0.25) is 10.0 Å². The maximum Gasteiger partial charge on any atom is 0.235 e. The van der Waals surface area contributed by atoms with Gasteiger partial charge in [0.2, 0.25) is 11.1 Å². The Labute approximate surface area is 142 Å². The summed E-state index contributed by atoms with van der Waals surface area (Å²) < 4.78 is 1.32. The highest BCUT2D eigenvalue weighted by Crippen LogP contribution is 2.31. The number of carbonyl (C=O) groups excluding carboxylic acids is 1. The van der Waals surface area contributed by atoms with Gasteiger partial charge in [0, 0.05) is 24.7 Å². The molecule has 1 aromatic heterocycles. The number of rotatable bonds is 4. The van der Waals surface area contributed by atoms with Crippen LogP contribution in [0.15, 0.2) is 23.4 Å². The predicted molar refractivity (Wildman–Crippen MR) is 89.6 cm³/mol. The molecule has 1 heterocycles. The third kappa shape index (κ3) is 3.48. The average Bonchev–Trinajstić information content (AvgIpc) is 2.79. The fourth-order valence-electron chi connectivity index (χ4n) is 1.78. The molecule has 0 fully saturated rings. The Hall–Kier alpha value is -1.44. The second-order valence-corrected chi connectivity index (χ2v) is 6.94. The number of hydrogen-bond donors (Lipinski definition) is 1. The fourth-order valence-corrected chi connectivity index (χ4v) is 3.19. The molecular formula is C13H15Cl2N5OS. The summed E-state index contributed by atoms with van der Waals surface area (Å²) in [4.78, 5) is 13.4. The van der Waals surface area contributed by atoms with Gasteiger partial charge in [-0.05, 0) is 25.1 Å². The van der Waals surface area contributed by atoms with Gasteiger partial charge < -0.3 is 10.7 Å². The van der Waals surface area contributed by atoms with Crippen LogP contribution in [-0.4, -0.2) is 45.0 Å². The van der Waals surface area contributed by atoms with E-state index >= 15 is 0 Å². The summed E-state index contributed by atoms with van der Waals surface area (Å²) in [6, 6.07) is 5.03. The smallest absolute Gasteiger partial charge is 0.235 e. The Balaban J connectivity index is 2.28. The largest absolute Gasteiger partial charge is 0.348 e. The zero-order chi connectivity index (χ0) is 16.4. The Kier molecular flexibility index (Phi) is 5.20. The first kappa shape index (κ1) is 16.9. The second-order valence-electron chi connectivity index (χ2n) is 4.79. The minimum atomic E-state index is -0.324. The van der Waals surface area contributed by atoms with Crippen molar-refractivity contribution in [1.29, 1.82) is 0 Å². The molecule has 2 N–H and O–H groups in total. The van der Waals surface area contributed by atoms with Crippen molar-refractivity contribution in [3.05, 3.63) is 28.2 Å². The molecule has 0 radical (unpaired) electrons. The van der Waals surface area contributed by atoms with Crippen molar-refractivity contribution in [3.8, 4) is 11.4 Å². The summed E-state index contributed by atoms with van der Waals surface area (Å²) in [5, 5.41) is 9.14. The Bertz CT molecular complexity index is 704. The Morgan fingerprint density at radius 3 is 2.64 bits per heavy atom. The maximum absolute atomic E-state index is 11.9. The molecule has 1 unspecified atom stereocenters. The van der Waals surface area contributed by atoms with E-state index in [1.54, 1.807) is 39.2 Å². The summed E-state index contributed by atoms with van der Waals surface area (Å²) in [7, 11) is 3.40. The van der Waals surface area contributed by atoms with Crippen LogP contribution < -0.4 is 5.84 Å². The van der Waals surface area contributed by atoms with Gasteiger partial charge in [0.15, 0.2) is 5.82 Å². The standard InChI is InChI=1S/C13H15Cl2N5OS/c1-7(12(21)19(2)3)22-13-18-17-11(20(13)16)9-5-4-8(14)6-10(9)15/h4-7H,16H2,1-3H3. The van der Waals surface area contributed by atoms with Gasteiger partial charge in [-0.15, -0.1) is 10.2 Å². The highest BCUT2D eigenvalue weighted by molar-refractivity contribution is 8.00.